The minimum Gasteiger partial charge on any atom is -0.391 e. The fourth-order valence-corrected chi connectivity index (χ4v) is 5.14. The summed E-state index contributed by atoms with van der Waals surface area (Å²) in [6.07, 6.45) is -0.800. The third kappa shape index (κ3) is 5.64. The molecule has 184 valence electrons. The molecule has 8 nitrogen and oxygen atoms in total. The first-order valence-corrected chi connectivity index (χ1v) is 12.3. The topological polar surface area (TPSA) is 112 Å². The van der Waals surface area contributed by atoms with Crippen LogP contribution in [0.3, 0.4) is 0 Å². The zero-order valence-electron chi connectivity index (χ0n) is 20.6. The highest BCUT2D eigenvalue weighted by molar-refractivity contribution is 7.13. The van der Waals surface area contributed by atoms with Gasteiger partial charge in [0.1, 0.15) is 0 Å². The van der Waals surface area contributed by atoms with E-state index in [9.17, 15) is 19.5 Å². The molecule has 1 fully saturated rings. The number of benzene rings is 1. The Hall–Kier alpha value is -2.78. The number of hydrogen-bond donors (Lipinski definition) is 3. The lowest BCUT2D eigenvalue weighted by molar-refractivity contribution is -0.151. The first-order valence-electron chi connectivity index (χ1n) is 11.4. The number of β-amino-alcohol motifs (C(OH)–C–C–N with tert-alkyl or cyclic N) is 1. The smallest absolute Gasteiger partial charge is 0.267 e. The maximum Gasteiger partial charge on any atom is 0.267 e. The van der Waals surface area contributed by atoms with Crippen LogP contribution >= 0.6 is 11.3 Å². The lowest BCUT2D eigenvalue weighted by atomic mass is 9.91. The summed E-state index contributed by atoms with van der Waals surface area (Å²) >= 11 is 1.57. The number of aryl methyl sites for hydroxylation is 1. The molecule has 3 rings (SSSR count). The molecule has 0 spiro atoms. The molecule has 2 aromatic rings. The van der Waals surface area contributed by atoms with Gasteiger partial charge >= 0.3 is 0 Å². The minimum absolute atomic E-state index is 0.0140. The average Bonchev–Trinajstić information content (AvgIpc) is 3.29. The van der Waals surface area contributed by atoms with Gasteiger partial charge in [-0.25, -0.2) is 4.98 Å². The predicted molar refractivity (Wildman–Crippen MR) is 132 cm³/mol. The van der Waals surface area contributed by atoms with Gasteiger partial charge < -0.3 is 20.6 Å². The summed E-state index contributed by atoms with van der Waals surface area (Å²) < 4.78 is 0. The molecule has 0 radical (unpaired) electrons. The molecule has 0 aliphatic carbocycles. The highest BCUT2D eigenvalue weighted by Gasteiger charge is 2.54. The van der Waals surface area contributed by atoms with Crippen LogP contribution in [0.15, 0.2) is 29.8 Å². The van der Waals surface area contributed by atoms with Crippen LogP contribution in [0, 0.1) is 12.3 Å². The Morgan fingerprint density at radius 3 is 2.44 bits per heavy atom. The monoisotopic (exact) mass is 486 g/mol. The zero-order valence-corrected chi connectivity index (χ0v) is 21.5. The van der Waals surface area contributed by atoms with E-state index in [1.807, 2.05) is 64.4 Å². The summed E-state index contributed by atoms with van der Waals surface area (Å²) in [7, 11) is 0. The maximum atomic E-state index is 13.6. The number of aromatic nitrogens is 1. The van der Waals surface area contributed by atoms with Crippen molar-refractivity contribution >= 4 is 29.1 Å². The van der Waals surface area contributed by atoms with E-state index >= 15 is 0 Å². The van der Waals surface area contributed by atoms with Crippen molar-refractivity contribution in [1.29, 1.82) is 0 Å². The fourth-order valence-electron chi connectivity index (χ4n) is 4.33. The molecule has 34 heavy (non-hydrogen) atoms. The van der Waals surface area contributed by atoms with E-state index in [4.69, 9.17) is 0 Å². The molecule has 2 unspecified atom stereocenters. The third-order valence-electron chi connectivity index (χ3n) is 5.89. The molecule has 3 atom stereocenters. The van der Waals surface area contributed by atoms with E-state index in [-0.39, 0.29) is 36.8 Å². The Morgan fingerprint density at radius 1 is 1.26 bits per heavy atom. The molecule has 1 aliphatic heterocycles. The standard InChI is InChI=1S/C25H34N4O4S/c1-15(18-7-9-19(10-8-18)22-16(2)26-14-34-22)27-23(33)25(28-17(3)30)11-20(31)13-29(25)21(32)12-24(4,5)6/h7-10,14-15,20,31H,11-13H2,1-6H3,(H,27,33)(H,28,30)/t15-,20?,25?/m0/s1. The normalized spacial score (nSPS) is 21.3. The molecule has 0 bridgehead atoms. The van der Waals surface area contributed by atoms with Crippen molar-refractivity contribution in [2.75, 3.05) is 6.54 Å². The molecular weight excluding hydrogens is 452 g/mol. The van der Waals surface area contributed by atoms with Gasteiger partial charge in [-0.15, -0.1) is 11.3 Å². The maximum absolute atomic E-state index is 13.6. The van der Waals surface area contributed by atoms with Crippen LogP contribution in [-0.2, 0) is 14.4 Å². The minimum atomic E-state index is -1.64. The van der Waals surface area contributed by atoms with Gasteiger partial charge in [-0.05, 0) is 30.4 Å². The summed E-state index contributed by atoms with van der Waals surface area (Å²) in [5.41, 5.74) is 2.76. The van der Waals surface area contributed by atoms with E-state index in [1.54, 1.807) is 11.3 Å². The van der Waals surface area contributed by atoms with Crippen LogP contribution in [0.4, 0.5) is 0 Å². The van der Waals surface area contributed by atoms with Crippen molar-refractivity contribution < 1.29 is 19.5 Å². The summed E-state index contributed by atoms with van der Waals surface area (Å²) in [6.45, 7) is 10.9. The number of carbonyl (C=O) groups is 3. The molecule has 1 aliphatic rings. The number of thiazole rings is 1. The summed E-state index contributed by atoms with van der Waals surface area (Å²) in [5, 5.41) is 16.0. The average molecular weight is 487 g/mol. The van der Waals surface area contributed by atoms with Crippen LogP contribution < -0.4 is 10.6 Å². The second kappa shape index (κ2) is 9.84. The van der Waals surface area contributed by atoms with Crippen LogP contribution in [-0.4, -0.2) is 51.0 Å². The number of likely N-dealkylation sites (tertiary alicyclic amines) is 1. The quantitative estimate of drug-likeness (QED) is 0.581. The van der Waals surface area contributed by atoms with Gasteiger partial charge in [0.25, 0.3) is 5.91 Å². The molecule has 1 saturated heterocycles. The Morgan fingerprint density at radius 2 is 1.91 bits per heavy atom. The van der Waals surface area contributed by atoms with Gasteiger partial charge in [-0.1, -0.05) is 45.0 Å². The lowest BCUT2D eigenvalue weighted by Crippen LogP contribution is -2.67. The second-order valence-corrected chi connectivity index (χ2v) is 11.1. The number of aliphatic hydroxyl groups is 1. The molecule has 1 aromatic heterocycles. The molecule has 2 heterocycles. The van der Waals surface area contributed by atoms with Gasteiger partial charge in [0, 0.05) is 26.3 Å². The number of nitrogens with zero attached hydrogens (tertiary/aromatic N) is 2. The van der Waals surface area contributed by atoms with Crippen molar-refractivity contribution in [3.63, 3.8) is 0 Å². The van der Waals surface area contributed by atoms with Crippen molar-refractivity contribution in [1.82, 2.24) is 20.5 Å². The summed E-state index contributed by atoms with van der Waals surface area (Å²) in [6, 6.07) is 7.47. The molecule has 1 aromatic carbocycles. The zero-order chi connectivity index (χ0) is 25.3. The van der Waals surface area contributed by atoms with E-state index in [0.717, 1.165) is 21.7 Å². The van der Waals surface area contributed by atoms with Crippen molar-refractivity contribution in [2.45, 2.75) is 72.2 Å². The first-order chi connectivity index (χ1) is 15.8. The number of carbonyl (C=O) groups excluding carboxylic acids is 3. The Labute approximate surface area is 204 Å². The Bertz CT molecular complexity index is 1060. The van der Waals surface area contributed by atoms with Crippen LogP contribution in [0.5, 0.6) is 0 Å². The Balaban J connectivity index is 1.84. The van der Waals surface area contributed by atoms with E-state index in [2.05, 4.69) is 15.6 Å². The van der Waals surface area contributed by atoms with Crippen LogP contribution in [0.25, 0.3) is 10.4 Å². The molecule has 9 heteroatoms. The molecular formula is C25H34N4O4S. The van der Waals surface area contributed by atoms with Crippen LogP contribution in [0.1, 0.15) is 64.8 Å². The number of aliphatic hydroxyl groups excluding tert-OH is 1. The van der Waals surface area contributed by atoms with Crippen molar-refractivity contribution in [3.8, 4) is 10.4 Å². The van der Waals surface area contributed by atoms with Gasteiger partial charge in [-0.2, -0.15) is 0 Å². The number of hydrogen-bond acceptors (Lipinski definition) is 6. The first kappa shape index (κ1) is 25.8. The van der Waals surface area contributed by atoms with Gasteiger partial charge in [0.15, 0.2) is 5.66 Å². The van der Waals surface area contributed by atoms with Gasteiger partial charge in [0.05, 0.1) is 28.2 Å². The second-order valence-electron chi connectivity index (χ2n) is 10.2. The van der Waals surface area contributed by atoms with Crippen molar-refractivity contribution in [2.24, 2.45) is 5.41 Å². The number of rotatable bonds is 6. The lowest BCUT2D eigenvalue weighted by Gasteiger charge is -2.39. The predicted octanol–water partition coefficient (Wildman–Crippen LogP) is 3.16. The molecule has 3 amide bonds. The summed E-state index contributed by atoms with van der Waals surface area (Å²) in [5.74, 6) is -1.25. The summed E-state index contributed by atoms with van der Waals surface area (Å²) in [4.78, 5) is 45.5. The van der Waals surface area contributed by atoms with E-state index in [0.29, 0.717) is 0 Å². The third-order valence-corrected chi connectivity index (χ3v) is 6.87. The van der Waals surface area contributed by atoms with E-state index in [1.165, 1.54) is 11.8 Å². The van der Waals surface area contributed by atoms with Crippen LogP contribution in [0.2, 0.25) is 0 Å². The van der Waals surface area contributed by atoms with Gasteiger partial charge in [-0.3, -0.25) is 14.4 Å². The fraction of sp³-hybridized carbons (Fsp3) is 0.520. The highest BCUT2D eigenvalue weighted by atomic mass is 32.1. The molecule has 0 saturated carbocycles. The SMILES string of the molecule is CC(=O)NC1(C(=O)N[C@@H](C)c2ccc(-c3scnc3C)cc2)CC(O)CN1C(=O)CC(C)(C)C. The highest BCUT2D eigenvalue weighted by Crippen LogP contribution is 2.33. The molecule has 3 N–H and O–H groups in total. The largest absolute Gasteiger partial charge is 0.391 e. The van der Waals surface area contributed by atoms with E-state index < -0.39 is 23.6 Å². The Kier molecular flexibility index (Phi) is 7.47. The number of amides is 3. The number of nitrogens with one attached hydrogen (secondary N) is 2. The van der Waals surface area contributed by atoms with Crippen molar-refractivity contribution in [3.05, 3.63) is 41.0 Å². The van der Waals surface area contributed by atoms with Gasteiger partial charge in [0.2, 0.25) is 11.8 Å².